The molecule has 0 fully saturated rings. The predicted octanol–water partition coefficient (Wildman–Crippen LogP) is 2.72. The average Bonchev–Trinajstić information content (AvgIpc) is 2.37. The van der Waals surface area contributed by atoms with E-state index in [9.17, 15) is 5.11 Å². The summed E-state index contributed by atoms with van der Waals surface area (Å²) in [7, 11) is 5.75. The fourth-order valence-electron chi connectivity index (χ4n) is 2.06. The molecule has 0 aromatic heterocycles. The number of methoxy groups -OCH3 is 1. The molecule has 1 atom stereocenters. The van der Waals surface area contributed by atoms with E-state index in [1.807, 2.05) is 33.2 Å². The molecule has 0 aliphatic heterocycles. The van der Waals surface area contributed by atoms with Gasteiger partial charge in [0.1, 0.15) is 5.75 Å². The van der Waals surface area contributed by atoms with Crippen LogP contribution in [0.4, 0.5) is 0 Å². The Morgan fingerprint density at radius 2 is 1.79 bits per heavy atom. The Bertz CT molecular complexity index is 358. The summed E-state index contributed by atoms with van der Waals surface area (Å²) in [5.74, 6) is 0.890. The zero-order valence-corrected chi connectivity index (χ0v) is 12.6. The van der Waals surface area contributed by atoms with E-state index in [0.717, 1.165) is 38.0 Å². The van der Waals surface area contributed by atoms with Gasteiger partial charge in [-0.25, -0.2) is 0 Å². The summed E-state index contributed by atoms with van der Waals surface area (Å²) in [6.45, 7) is 2.86. The van der Waals surface area contributed by atoms with Crippen LogP contribution in [0, 0.1) is 0 Å². The van der Waals surface area contributed by atoms with Crippen LogP contribution < -0.4 is 4.74 Å². The van der Waals surface area contributed by atoms with Gasteiger partial charge >= 0.3 is 0 Å². The molecule has 1 N–H and O–H groups in total. The van der Waals surface area contributed by atoms with Crippen LogP contribution in [0.2, 0.25) is 0 Å². The highest BCUT2D eigenvalue weighted by molar-refractivity contribution is 5.27. The van der Waals surface area contributed by atoms with Gasteiger partial charge in [0.25, 0.3) is 0 Å². The van der Waals surface area contributed by atoms with E-state index in [1.54, 1.807) is 7.11 Å². The number of rotatable bonds is 8. The molecule has 1 unspecified atom stereocenters. The SMILES string of the molecule is COc1ccc(CCCC(C)(O)CCN(C)C)cc1. The van der Waals surface area contributed by atoms with Crippen molar-refractivity contribution < 1.29 is 9.84 Å². The van der Waals surface area contributed by atoms with Crippen molar-refractivity contribution in [2.24, 2.45) is 0 Å². The summed E-state index contributed by atoms with van der Waals surface area (Å²) in [6.07, 6.45) is 3.67. The second-order valence-corrected chi connectivity index (χ2v) is 5.75. The molecule has 1 aromatic rings. The van der Waals surface area contributed by atoms with Crippen molar-refractivity contribution >= 4 is 0 Å². The van der Waals surface area contributed by atoms with Gasteiger partial charge in [-0.05, 0) is 64.4 Å². The minimum absolute atomic E-state index is 0.559. The lowest BCUT2D eigenvalue weighted by atomic mass is 9.93. The summed E-state index contributed by atoms with van der Waals surface area (Å²) < 4.78 is 5.14. The molecule has 0 amide bonds. The molecule has 3 nitrogen and oxygen atoms in total. The second-order valence-electron chi connectivity index (χ2n) is 5.75. The van der Waals surface area contributed by atoms with E-state index in [0.29, 0.717) is 0 Å². The van der Waals surface area contributed by atoms with Gasteiger partial charge in [0, 0.05) is 6.54 Å². The largest absolute Gasteiger partial charge is 0.497 e. The Kier molecular flexibility index (Phi) is 6.32. The van der Waals surface area contributed by atoms with Gasteiger partial charge in [-0.1, -0.05) is 12.1 Å². The average molecular weight is 265 g/mol. The van der Waals surface area contributed by atoms with E-state index in [2.05, 4.69) is 17.0 Å². The zero-order valence-electron chi connectivity index (χ0n) is 12.6. The minimum Gasteiger partial charge on any atom is -0.497 e. The van der Waals surface area contributed by atoms with Crippen molar-refractivity contribution in [2.75, 3.05) is 27.7 Å². The molecule has 0 bridgehead atoms. The first-order valence-electron chi connectivity index (χ1n) is 6.93. The van der Waals surface area contributed by atoms with Gasteiger partial charge in [-0.2, -0.15) is 0 Å². The van der Waals surface area contributed by atoms with E-state index in [1.165, 1.54) is 5.56 Å². The van der Waals surface area contributed by atoms with Crippen LogP contribution in [0.3, 0.4) is 0 Å². The van der Waals surface area contributed by atoms with Crippen LogP contribution in [0.5, 0.6) is 5.75 Å². The molecule has 0 aliphatic carbocycles. The summed E-state index contributed by atoms with van der Waals surface area (Å²) in [4.78, 5) is 2.11. The molecule has 0 radical (unpaired) electrons. The third-order valence-corrected chi connectivity index (χ3v) is 3.44. The Hall–Kier alpha value is -1.06. The molecule has 1 rings (SSSR count). The first-order chi connectivity index (χ1) is 8.93. The second kappa shape index (κ2) is 7.51. The smallest absolute Gasteiger partial charge is 0.118 e. The Labute approximate surface area is 117 Å². The summed E-state index contributed by atoms with van der Waals surface area (Å²) >= 11 is 0. The third-order valence-electron chi connectivity index (χ3n) is 3.44. The van der Waals surface area contributed by atoms with Gasteiger partial charge in [-0.3, -0.25) is 0 Å². The molecule has 3 heteroatoms. The molecule has 0 spiro atoms. The first-order valence-corrected chi connectivity index (χ1v) is 6.93. The van der Waals surface area contributed by atoms with Crippen LogP contribution >= 0.6 is 0 Å². The summed E-state index contributed by atoms with van der Waals surface area (Å²) in [5, 5.41) is 10.3. The summed E-state index contributed by atoms with van der Waals surface area (Å²) in [6, 6.07) is 8.15. The van der Waals surface area contributed by atoms with Crippen LogP contribution in [0.25, 0.3) is 0 Å². The van der Waals surface area contributed by atoms with Gasteiger partial charge in [-0.15, -0.1) is 0 Å². The first kappa shape index (κ1) is 16.0. The molecule has 0 saturated carbocycles. The molecule has 0 aliphatic rings. The Morgan fingerprint density at radius 1 is 1.16 bits per heavy atom. The van der Waals surface area contributed by atoms with Crippen LogP contribution in [0.1, 0.15) is 31.7 Å². The molecular formula is C16H27NO2. The Balaban J connectivity index is 2.31. The quantitative estimate of drug-likeness (QED) is 0.784. The highest BCUT2D eigenvalue weighted by Crippen LogP contribution is 2.19. The maximum atomic E-state index is 10.3. The van der Waals surface area contributed by atoms with Crippen molar-refractivity contribution in [1.82, 2.24) is 4.90 Å². The summed E-state index contributed by atoms with van der Waals surface area (Å²) in [5.41, 5.74) is 0.737. The normalized spacial score (nSPS) is 14.4. The number of aliphatic hydroxyl groups is 1. The van der Waals surface area contributed by atoms with Crippen molar-refractivity contribution in [3.8, 4) is 5.75 Å². The number of aryl methyl sites for hydroxylation is 1. The minimum atomic E-state index is -0.559. The van der Waals surface area contributed by atoms with Crippen molar-refractivity contribution in [1.29, 1.82) is 0 Å². The van der Waals surface area contributed by atoms with Crippen LogP contribution in [0.15, 0.2) is 24.3 Å². The number of ether oxygens (including phenoxy) is 1. The molecule has 1 aromatic carbocycles. The van der Waals surface area contributed by atoms with Crippen molar-refractivity contribution in [3.63, 3.8) is 0 Å². The van der Waals surface area contributed by atoms with E-state index in [-0.39, 0.29) is 0 Å². The van der Waals surface area contributed by atoms with E-state index >= 15 is 0 Å². The van der Waals surface area contributed by atoms with Crippen LogP contribution in [-0.2, 0) is 6.42 Å². The van der Waals surface area contributed by atoms with Crippen LogP contribution in [-0.4, -0.2) is 43.4 Å². The topological polar surface area (TPSA) is 32.7 Å². The zero-order chi connectivity index (χ0) is 14.3. The van der Waals surface area contributed by atoms with E-state index < -0.39 is 5.60 Å². The van der Waals surface area contributed by atoms with Crippen molar-refractivity contribution in [3.05, 3.63) is 29.8 Å². The number of hydrogen-bond donors (Lipinski definition) is 1. The highest BCUT2D eigenvalue weighted by Gasteiger charge is 2.19. The van der Waals surface area contributed by atoms with Gasteiger partial charge < -0.3 is 14.7 Å². The molecule has 0 saturated heterocycles. The lowest BCUT2D eigenvalue weighted by Crippen LogP contribution is -2.29. The number of nitrogens with zero attached hydrogens (tertiary/aromatic N) is 1. The monoisotopic (exact) mass is 265 g/mol. The fourth-order valence-corrected chi connectivity index (χ4v) is 2.06. The molecule has 19 heavy (non-hydrogen) atoms. The van der Waals surface area contributed by atoms with Gasteiger partial charge in [0.2, 0.25) is 0 Å². The maximum absolute atomic E-state index is 10.3. The van der Waals surface area contributed by atoms with Crippen molar-refractivity contribution in [2.45, 2.75) is 38.2 Å². The van der Waals surface area contributed by atoms with Gasteiger partial charge in [0.15, 0.2) is 0 Å². The van der Waals surface area contributed by atoms with E-state index in [4.69, 9.17) is 4.74 Å². The molecule has 0 heterocycles. The lowest BCUT2D eigenvalue weighted by Gasteiger charge is -2.25. The van der Waals surface area contributed by atoms with Gasteiger partial charge in [0.05, 0.1) is 12.7 Å². The predicted molar refractivity (Wildman–Crippen MR) is 79.7 cm³/mol. The maximum Gasteiger partial charge on any atom is 0.118 e. The highest BCUT2D eigenvalue weighted by atomic mass is 16.5. The fraction of sp³-hybridized carbons (Fsp3) is 0.625. The third kappa shape index (κ3) is 6.60. The lowest BCUT2D eigenvalue weighted by molar-refractivity contribution is 0.0335. The standard InChI is InChI=1S/C16H27NO2/c1-16(18,12-13-17(2)3)11-5-6-14-7-9-15(19-4)10-8-14/h7-10,18H,5-6,11-13H2,1-4H3. The number of hydrogen-bond acceptors (Lipinski definition) is 3. The Morgan fingerprint density at radius 3 is 2.32 bits per heavy atom. The number of benzene rings is 1. The molecule has 108 valence electrons. The molecular weight excluding hydrogens is 238 g/mol.